The van der Waals surface area contributed by atoms with Gasteiger partial charge in [0.1, 0.15) is 11.5 Å². The summed E-state index contributed by atoms with van der Waals surface area (Å²) in [5.41, 5.74) is 1.75. The summed E-state index contributed by atoms with van der Waals surface area (Å²) in [6.07, 6.45) is 0. The highest BCUT2D eigenvalue weighted by atomic mass is 79.9. The molecule has 1 aliphatic heterocycles. The molecular formula is C21H22BrN3O4S2. The lowest BCUT2D eigenvalue weighted by molar-refractivity contribution is 0.385. The van der Waals surface area contributed by atoms with Gasteiger partial charge in [-0.2, -0.15) is 4.31 Å². The number of rotatable bonds is 6. The maximum atomic E-state index is 12.9. The molecule has 0 amide bonds. The first-order valence-corrected chi connectivity index (χ1v) is 12.7. The van der Waals surface area contributed by atoms with E-state index in [0.29, 0.717) is 42.6 Å². The molecule has 2 aromatic carbocycles. The molecule has 1 aliphatic rings. The molecule has 4 rings (SSSR count). The number of anilines is 1. The van der Waals surface area contributed by atoms with E-state index in [0.717, 1.165) is 20.9 Å². The van der Waals surface area contributed by atoms with Crippen molar-refractivity contribution < 1.29 is 17.9 Å². The van der Waals surface area contributed by atoms with E-state index in [2.05, 4.69) is 20.8 Å². The fourth-order valence-electron chi connectivity index (χ4n) is 3.37. The molecule has 0 saturated carbocycles. The van der Waals surface area contributed by atoms with Gasteiger partial charge in [0.05, 0.1) is 24.8 Å². The predicted molar refractivity (Wildman–Crippen MR) is 126 cm³/mol. The second-order valence-corrected chi connectivity index (χ2v) is 10.7. The first-order chi connectivity index (χ1) is 14.9. The highest BCUT2D eigenvalue weighted by Gasteiger charge is 2.29. The Morgan fingerprint density at radius 1 is 0.968 bits per heavy atom. The van der Waals surface area contributed by atoms with E-state index in [9.17, 15) is 8.42 Å². The van der Waals surface area contributed by atoms with Crippen LogP contribution in [0.1, 0.15) is 0 Å². The third kappa shape index (κ3) is 4.72. The Morgan fingerprint density at radius 2 is 1.58 bits per heavy atom. The van der Waals surface area contributed by atoms with Crippen molar-refractivity contribution in [1.82, 2.24) is 9.29 Å². The third-order valence-corrected chi connectivity index (χ3v) is 8.44. The van der Waals surface area contributed by atoms with Gasteiger partial charge >= 0.3 is 0 Å². The average molecular weight is 524 g/mol. The van der Waals surface area contributed by atoms with Crippen molar-refractivity contribution in [2.45, 2.75) is 4.90 Å². The van der Waals surface area contributed by atoms with Gasteiger partial charge in [-0.15, -0.1) is 11.3 Å². The summed E-state index contributed by atoms with van der Waals surface area (Å²) in [6, 6.07) is 12.4. The average Bonchev–Trinajstić information content (AvgIpc) is 3.29. The number of halogens is 1. The largest absolute Gasteiger partial charge is 0.497 e. The normalized spacial score (nSPS) is 15.1. The molecule has 1 fully saturated rings. The van der Waals surface area contributed by atoms with Crippen LogP contribution in [0.3, 0.4) is 0 Å². The van der Waals surface area contributed by atoms with E-state index in [1.807, 2.05) is 23.6 Å². The van der Waals surface area contributed by atoms with Crippen LogP contribution >= 0.6 is 27.3 Å². The number of benzene rings is 2. The van der Waals surface area contributed by atoms with Crippen LogP contribution in [0.15, 0.2) is 57.2 Å². The van der Waals surface area contributed by atoms with Crippen molar-refractivity contribution >= 4 is 42.4 Å². The monoisotopic (exact) mass is 523 g/mol. The van der Waals surface area contributed by atoms with Crippen molar-refractivity contribution in [2.24, 2.45) is 0 Å². The summed E-state index contributed by atoms with van der Waals surface area (Å²) in [5, 5.41) is 2.87. The zero-order chi connectivity index (χ0) is 22.0. The van der Waals surface area contributed by atoms with E-state index in [4.69, 9.17) is 14.5 Å². The number of sulfonamides is 1. The standard InChI is InChI=1S/C21H22BrN3O4S2/c1-28-17-11-15(12-18(13-17)29-2)20-14-30-21(23-20)24-7-9-25(10-8-24)31(26,27)19-5-3-16(22)4-6-19/h3-6,11-14H,7-10H2,1-2H3. The molecule has 31 heavy (non-hydrogen) atoms. The van der Waals surface area contributed by atoms with Crippen molar-refractivity contribution in [3.05, 3.63) is 52.3 Å². The Hall–Kier alpha value is -2.14. The molecule has 2 heterocycles. The summed E-state index contributed by atoms with van der Waals surface area (Å²) >= 11 is 4.89. The van der Waals surface area contributed by atoms with E-state index in [1.165, 1.54) is 4.31 Å². The molecule has 0 radical (unpaired) electrons. The van der Waals surface area contributed by atoms with Crippen LogP contribution in [-0.4, -0.2) is 58.1 Å². The summed E-state index contributed by atoms with van der Waals surface area (Å²) in [7, 11) is -0.261. The van der Waals surface area contributed by atoms with Crippen LogP contribution in [0.5, 0.6) is 11.5 Å². The number of thiazole rings is 1. The first-order valence-electron chi connectivity index (χ1n) is 9.60. The zero-order valence-electron chi connectivity index (χ0n) is 17.1. The fraction of sp³-hybridized carbons (Fsp3) is 0.286. The Balaban J connectivity index is 1.47. The molecule has 10 heteroatoms. The van der Waals surface area contributed by atoms with Crippen molar-refractivity contribution in [1.29, 1.82) is 0 Å². The van der Waals surface area contributed by atoms with Gasteiger partial charge in [-0.3, -0.25) is 0 Å². The number of nitrogens with zero attached hydrogens (tertiary/aromatic N) is 3. The first kappa shape index (κ1) is 22.1. The SMILES string of the molecule is COc1cc(OC)cc(-c2csc(N3CCN(S(=O)(=O)c4ccc(Br)cc4)CC3)n2)c1. The molecule has 0 unspecified atom stereocenters. The number of hydrogen-bond acceptors (Lipinski definition) is 7. The Morgan fingerprint density at radius 3 is 2.16 bits per heavy atom. The molecule has 1 aromatic heterocycles. The van der Waals surface area contributed by atoms with Gasteiger partial charge in [-0.25, -0.2) is 13.4 Å². The number of ether oxygens (including phenoxy) is 2. The van der Waals surface area contributed by atoms with Crippen LogP contribution in [0.2, 0.25) is 0 Å². The van der Waals surface area contributed by atoms with Crippen LogP contribution in [0, 0.1) is 0 Å². The maximum absolute atomic E-state index is 12.9. The molecule has 0 N–H and O–H groups in total. The van der Waals surface area contributed by atoms with Gasteiger partial charge in [-0.1, -0.05) is 15.9 Å². The second kappa shape index (κ2) is 9.15. The summed E-state index contributed by atoms with van der Waals surface area (Å²) in [4.78, 5) is 7.21. The van der Waals surface area contributed by atoms with Gasteiger partial charge in [0.25, 0.3) is 0 Å². The van der Waals surface area contributed by atoms with Crippen LogP contribution in [0.25, 0.3) is 11.3 Å². The maximum Gasteiger partial charge on any atom is 0.243 e. The summed E-state index contributed by atoms with van der Waals surface area (Å²) in [6.45, 7) is 2.01. The van der Waals surface area contributed by atoms with E-state index in [-0.39, 0.29) is 0 Å². The Bertz CT molecular complexity index is 1140. The van der Waals surface area contributed by atoms with Gasteiger partial charge in [0.2, 0.25) is 10.0 Å². The predicted octanol–water partition coefficient (Wildman–Crippen LogP) is 4.10. The highest BCUT2D eigenvalue weighted by molar-refractivity contribution is 9.10. The highest BCUT2D eigenvalue weighted by Crippen LogP contribution is 2.33. The molecule has 3 aromatic rings. The molecule has 0 atom stereocenters. The molecule has 1 saturated heterocycles. The fourth-order valence-corrected chi connectivity index (χ4v) is 5.95. The summed E-state index contributed by atoms with van der Waals surface area (Å²) < 4.78 is 38.9. The minimum atomic E-state index is -3.50. The zero-order valence-corrected chi connectivity index (χ0v) is 20.3. The molecule has 0 bridgehead atoms. The number of aromatic nitrogens is 1. The molecule has 0 aliphatic carbocycles. The van der Waals surface area contributed by atoms with Gasteiger partial charge in [0, 0.05) is 47.7 Å². The van der Waals surface area contributed by atoms with E-state index >= 15 is 0 Å². The summed E-state index contributed by atoms with van der Waals surface area (Å²) in [5.74, 6) is 1.41. The van der Waals surface area contributed by atoms with E-state index < -0.39 is 10.0 Å². The topological polar surface area (TPSA) is 72.0 Å². The Labute approximate surface area is 194 Å². The number of hydrogen-bond donors (Lipinski definition) is 0. The minimum Gasteiger partial charge on any atom is -0.497 e. The van der Waals surface area contributed by atoms with Gasteiger partial charge in [-0.05, 0) is 36.4 Å². The number of methoxy groups -OCH3 is 2. The molecule has 164 valence electrons. The van der Waals surface area contributed by atoms with Crippen LogP contribution < -0.4 is 14.4 Å². The van der Waals surface area contributed by atoms with Gasteiger partial charge in [0.15, 0.2) is 5.13 Å². The Kier molecular flexibility index (Phi) is 6.52. The quantitative estimate of drug-likeness (QED) is 0.484. The van der Waals surface area contributed by atoms with Crippen LogP contribution in [0.4, 0.5) is 5.13 Å². The van der Waals surface area contributed by atoms with E-state index in [1.54, 1.807) is 49.8 Å². The lowest BCUT2D eigenvalue weighted by Crippen LogP contribution is -2.48. The third-order valence-electron chi connectivity index (χ3n) is 5.10. The minimum absolute atomic E-state index is 0.313. The van der Waals surface area contributed by atoms with Crippen molar-refractivity contribution in [2.75, 3.05) is 45.3 Å². The second-order valence-electron chi connectivity index (χ2n) is 6.96. The van der Waals surface area contributed by atoms with Crippen molar-refractivity contribution in [3.63, 3.8) is 0 Å². The lowest BCUT2D eigenvalue weighted by atomic mass is 10.1. The van der Waals surface area contributed by atoms with Crippen LogP contribution in [-0.2, 0) is 10.0 Å². The lowest BCUT2D eigenvalue weighted by Gasteiger charge is -2.33. The molecule has 7 nitrogen and oxygen atoms in total. The molecular weight excluding hydrogens is 502 g/mol. The van der Waals surface area contributed by atoms with Gasteiger partial charge < -0.3 is 14.4 Å². The smallest absolute Gasteiger partial charge is 0.243 e. The number of piperazine rings is 1. The van der Waals surface area contributed by atoms with Crippen molar-refractivity contribution in [3.8, 4) is 22.8 Å². The molecule has 0 spiro atoms.